The molecule has 88 valence electrons. The second-order valence-corrected chi connectivity index (χ2v) is 4.41. The van der Waals surface area contributed by atoms with Crippen LogP contribution in [0.25, 0.3) is 0 Å². The number of rotatable bonds is 2. The maximum atomic E-state index is 13.5. The molecule has 0 aromatic carbocycles. The molecule has 2 nitrogen and oxygen atoms in total. The highest BCUT2D eigenvalue weighted by molar-refractivity contribution is 6.30. The van der Waals surface area contributed by atoms with Gasteiger partial charge in [0.15, 0.2) is 0 Å². The van der Waals surface area contributed by atoms with Gasteiger partial charge < -0.3 is 5.73 Å². The minimum atomic E-state index is -3.09. The van der Waals surface area contributed by atoms with Crippen LogP contribution in [-0.4, -0.2) is 11.5 Å². The van der Waals surface area contributed by atoms with Crippen LogP contribution in [0.1, 0.15) is 29.7 Å². The number of fused-ring (bicyclic) bond motifs is 1. The summed E-state index contributed by atoms with van der Waals surface area (Å²) in [4.78, 5) is 4.06. The summed E-state index contributed by atoms with van der Waals surface area (Å²) in [6.45, 7) is -0.743. The van der Waals surface area contributed by atoms with Gasteiger partial charge in [-0.15, -0.1) is 0 Å². The highest BCUT2D eigenvalue weighted by Gasteiger charge is 2.33. The summed E-state index contributed by atoms with van der Waals surface area (Å²) in [6, 6.07) is 1.47. The molecule has 0 spiro atoms. The maximum Gasteiger partial charge on any atom is 0.288 e. The van der Waals surface area contributed by atoms with Crippen molar-refractivity contribution in [2.24, 2.45) is 5.73 Å². The van der Waals surface area contributed by atoms with Crippen LogP contribution in [0.3, 0.4) is 0 Å². The minimum absolute atomic E-state index is 0.115. The highest BCUT2D eigenvalue weighted by Crippen LogP contribution is 2.34. The molecule has 5 heteroatoms. The van der Waals surface area contributed by atoms with E-state index >= 15 is 0 Å². The molecule has 2 N–H and O–H groups in total. The third-order valence-electron chi connectivity index (χ3n) is 2.90. The number of nitrogens with two attached hydrogens (primary N) is 1. The summed E-state index contributed by atoms with van der Waals surface area (Å²) in [7, 11) is 0. The lowest BCUT2D eigenvalue weighted by atomic mass is 9.94. The summed E-state index contributed by atoms with van der Waals surface area (Å²) in [6.07, 6.45) is 3.68. The monoisotopic (exact) mass is 246 g/mol. The molecule has 0 bridgehead atoms. The van der Waals surface area contributed by atoms with Crippen molar-refractivity contribution in [2.45, 2.75) is 31.6 Å². The number of hydrogen-bond donors (Lipinski definition) is 1. The van der Waals surface area contributed by atoms with Gasteiger partial charge in [0, 0.05) is 5.69 Å². The molecule has 1 heterocycles. The van der Waals surface area contributed by atoms with Crippen molar-refractivity contribution in [2.75, 3.05) is 6.54 Å². The Kier molecular flexibility index (Phi) is 3.13. The Bertz CT molecular complexity index is 407. The smallest absolute Gasteiger partial charge is 0.288 e. The van der Waals surface area contributed by atoms with Crippen molar-refractivity contribution in [3.63, 3.8) is 0 Å². The molecule has 1 aromatic rings. The summed E-state index contributed by atoms with van der Waals surface area (Å²) in [5.74, 6) is -3.09. The van der Waals surface area contributed by atoms with Gasteiger partial charge in [-0.2, -0.15) is 8.78 Å². The number of aromatic nitrogens is 1. The number of aryl methyl sites for hydroxylation is 2. The quantitative estimate of drug-likeness (QED) is 0.815. The lowest BCUT2D eigenvalue weighted by Crippen LogP contribution is -2.26. The second-order valence-electron chi connectivity index (χ2n) is 4.05. The van der Waals surface area contributed by atoms with Crippen molar-refractivity contribution < 1.29 is 8.78 Å². The predicted octanol–water partition coefficient (Wildman–Crippen LogP) is 2.66. The molecule has 0 unspecified atom stereocenters. The summed E-state index contributed by atoms with van der Waals surface area (Å²) in [5.41, 5.74) is 6.55. The molecule has 0 radical (unpaired) electrons. The number of pyridine rings is 1. The molecular formula is C11H13ClF2N2. The fourth-order valence-corrected chi connectivity index (χ4v) is 2.27. The third-order valence-corrected chi connectivity index (χ3v) is 3.19. The lowest BCUT2D eigenvalue weighted by molar-refractivity contribution is 0.00560. The van der Waals surface area contributed by atoms with Crippen LogP contribution in [-0.2, 0) is 18.8 Å². The lowest BCUT2D eigenvalue weighted by Gasteiger charge is -2.20. The molecule has 1 aromatic heterocycles. The van der Waals surface area contributed by atoms with E-state index in [0.29, 0.717) is 0 Å². The van der Waals surface area contributed by atoms with Crippen molar-refractivity contribution in [1.82, 2.24) is 4.98 Å². The van der Waals surface area contributed by atoms with Gasteiger partial charge in [-0.25, -0.2) is 4.98 Å². The van der Waals surface area contributed by atoms with E-state index in [1.54, 1.807) is 0 Å². The van der Waals surface area contributed by atoms with Gasteiger partial charge in [-0.1, -0.05) is 11.6 Å². The van der Waals surface area contributed by atoms with E-state index in [9.17, 15) is 8.78 Å². The van der Waals surface area contributed by atoms with Crippen LogP contribution < -0.4 is 5.73 Å². The first-order chi connectivity index (χ1) is 7.54. The van der Waals surface area contributed by atoms with E-state index in [0.717, 1.165) is 36.9 Å². The van der Waals surface area contributed by atoms with E-state index in [1.807, 2.05) is 0 Å². The average Bonchev–Trinajstić information content (AvgIpc) is 2.28. The van der Waals surface area contributed by atoms with Crippen molar-refractivity contribution in [1.29, 1.82) is 0 Å². The number of halogens is 3. The zero-order valence-electron chi connectivity index (χ0n) is 8.77. The van der Waals surface area contributed by atoms with Crippen LogP contribution in [0.2, 0.25) is 5.15 Å². The molecule has 2 rings (SSSR count). The Balaban J connectivity index is 2.47. The van der Waals surface area contributed by atoms with Crippen molar-refractivity contribution in [3.8, 4) is 0 Å². The van der Waals surface area contributed by atoms with Gasteiger partial charge in [0.2, 0.25) is 0 Å². The third kappa shape index (κ3) is 2.04. The molecule has 0 fully saturated rings. The zero-order chi connectivity index (χ0) is 11.8. The molecular weight excluding hydrogens is 234 g/mol. The molecule has 0 saturated carbocycles. The fraction of sp³-hybridized carbons (Fsp3) is 0.545. The van der Waals surface area contributed by atoms with E-state index in [2.05, 4.69) is 4.98 Å². The average molecular weight is 247 g/mol. The van der Waals surface area contributed by atoms with Crippen molar-refractivity contribution in [3.05, 3.63) is 28.0 Å². The molecule has 16 heavy (non-hydrogen) atoms. The summed E-state index contributed by atoms with van der Waals surface area (Å²) < 4.78 is 26.9. The predicted molar refractivity (Wildman–Crippen MR) is 58.8 cm³/mol. The van der Waals surface area contributed by atoms with Crippen LogP contribution in [0.5, 0.6) is 0 Å². The molecule has 0 atom stereocenters. The molecule has 0 amide bonds. The minimum Gasteiger partial charge on any atom is -0.325 e. The number of hydrogen-bond acceptors (Lipinski definition) is 2. The second kappa shape index (κ2) is 4.26. The summed E-state index contributed by atoms with van der Waals surface area (Å²) in [5, 5.41) is -0.115. The van der Waals surface area contributed by atoms with Gasteiger partial charge in [0.05, 0.1) is 12.1 Å². The SMILES string of the molecule is NCC(F)(F)c1cc2c(nc1Cl)CCCC2. The van der Waals surface area contributed by atoms with E-state index < -0.39 is 12.5 Å². The largest absolute Gasteiger partial charge is 0.325 e. The zero-order valence-corrected chi connectivity index (χ0v) is 9.53. The number of nitrogens with zero attached hydrogens (tertiary/aromatic N) is 1. The van der Waals surface area contributed by atoms with Crippen LogP contribution >= 0.6 is 11.6 Å². The van der Waals surface area contributed by atoms with E-state index in [-0.39, 0.29) is 10.7 Å². The standard InChI is InChI=1S/C11H13ClF2N2/c12-10-8(11(13,14)6-15)5-7-3-1-2-4-9(7)16-10/h5H,1-4,6,15H2. The van der Waals surface area contributed by atoms with Crippen LogP contribution in [0.15, 0.2) is 6.07 Å². The van der Waals surface area contributed by atoms with Crippen LogP contribution in [0.4, 0.5) is 8.78 Å². The molecule has 0 aliphatic heterocycles. The Hall–Kier alpha value is -0.740. The maximum absolute atomic E-state index is 13.5. The first-order valence-electron chi connectivity index (χ1n) is 5.31. The van der Waals surface area contributed by atoms with Gasteiger partial charge in [0.1, 0.15) is 5.15 Å². The summed E-state index contributed by atoms with van der Waals surface area (Å²) >= 11 is 5.78. The topological polar surface area (TPSA) is 38.9 Å². The Morgan fingerprint density at radius 3 is 2.75 bits per heavy atom. The number of alkyl halides is 2. The molecule has 1 aliphatic carbocycles. The highest BCUT2D eigenvalue weighted by atomic mass is 35.5. The Morgan fingerprint density at radius 2 is 2.06 bits per heavy atom. The molecule has 1 aliphatic rings. The van der Waals surface area contributed by atoms with E-state index in [4.69, 9.17) is 17.3 Å². The Morgan fingerprint density at radius 1 is 1.38 bits per heavy atom. The molecule has 0 saturated heterocycles. The first-order valence-corrected chi connectivity index (χ1v) is 5.69. The van der Waals surface area contributed by atoms with Crippen molar-refractivity contribution >= 4 is 11.6 Å². The van der Waals surface area contributed by atoms with Gasteiger partial charge in [-0.05, 0) is 37.3 Å². The van der Waals surface area contributed by atoms with Gasteiger partial charge >= 0.3 is 0 Å². The first kappa shape index (κ1) is 11.7. The van der Waals surface area contributed by atoms with Gasteiger partial charge in [-0.3, -0.25) is 0 Å². The Labute approximate surface area is 97.8 Å². The fourth-order valence-electron chi connectivity index (χ4n) is 1.97. The normalized spacial score (nSPS) is 16.0. The van der Waals surface area contributed by atoms with Gasteiger partial charge in [0.25, 0.3) is 5.92 Å². The van der Waals surface area contributed by atoms with Crippen LogP contribution in [0, 0.1) is 0 Å². The van der Waals surface area contributed by atoms with E-state index in [1.165, 1.54) is 6.07 Å².